The van der Waals surface area contributed by atoms with Crippen LogP contribution in [0, 0.1) is 0 Å². The van der Waals surface area contributed by atoms with Crippen LogP contribution in [0.3, 0.4) is 0 Å². The number of ketones is 1. The number of aliphatic hydroxyl groups is 1. The van der Waals surface area contributed by atoms with Crippen molar-refractivity contribution in [3.8, 4) is 5.75 Å². The van der Waals surface area contributed by atoms with Crippen molar-refractivity contribution in [1.29, 1.82) is 0 Å². The van der Waals surface area contributed by atoms with Gasteiger partial charge in [-0.15, -0.1) is 0 Å². The molecule has 1 fully saturated rings. The minimum Gasteiger partial charge on any atom is -0.507 e. The molecule has 1 N–H and O–H groups in total. The molecule has 0 aliphatic carbocycles. The summed E-state index contributed by atoms with van der Waals surface area (Å²) < 4.78 is 10.2. The van der Waals surface area contributed by atoms with Crippen LogP contribution in [0.25, 0.3) is 5.76 Å². The Bertz CT molecular complexity index is 1010. The molecule has 1 unspecified atom stereocenters. The van der Waals surface area contributed by atoms with Gasteiger partial charge in [-0.3, -0.25) is 9.59 Å². The predicted octanol–water partition coefficient (Wildman–Crippen LogP) is 5.11. The number of nitrogens with zero attached hydrogens (tertiary/aromatic N) is 1. The number of carbonyl (C=O) groups is 2. The zero-order valence-corrected chi connectivity index (χ0v) is 19.1. The third kappa shape index (κ3) is 4.67. The van der Waals surface area contributed by atoms with E-state index in [4.69, 9.17) is 44.3 Å². The summed E-state index contributed by atoms with van der Waals surface area (Å²) in [4.78, 5) is 27.2. The van der Waals surface area contributed by atoms with E-state index in [0.717, 1.165) is 0 Å². The second-order valence-corrected chi connectivity index (χ2v) is 8.11. The molecular formula is C22H20Cl3NO5. The van der Waals surface area contributed by atoms with Crippen LogP contribution in [0.5, 0.6) is 5.75 Å². The van der Waals surface area contributed by atoms with Gasteiger partial charge in [0.15, 0.2) is 5.75 Å². The molecule has 9 heteroatoms. The van der Waals surface area contributed by atoms with Gasteiger partial charge in [0.25, 0.3) is 11.7 Å². The van der Waals surface area contributed by atoms with Crippen molar-refractivity contribution in [2.24, 2.45) is 0 Å². The van der Waals surface area contributed by atoms with Crippen molar-refractivity contribution in [2.75, 3.05) is 27.4 Å². The Morgan fingerprint density at radius 2 is 1.68 bits per heavy atom. The lowest BCUT2D eigenvalue weighted by atomic mass is 9.95. The van der Waals surface area contributed by atoms with E-state index in [9.17, 15) is 14.7 Å². The van der Waals surface area contributed by atoms with Crippen LogP contribution in [0.1, 0.15) is 23.6 Å². The number of hydrogen-bond donors (Lipinski definition) is 1. The van der Waals surface area contributed by atoms with Gasteiger partial charge in [0.05, 0.1) is 28.8 Å². The summed E-state index contributed by atoms with van der Waals surface area (Å²) in [5.41, 5.74) is 0.778. The standard InChI is InChI=1S/C22H20Cl3NO5/c1-30-9-3-8-26-18(12-4-6-14(23)7-5-12)17(20(28)22(26)29)19(27)13-10-15(24)21(31-2)16(25)11-13/h4-7,10-11,18,27H,3,8-9H2,1-2H3/b19-17+. The van der Waals surface area contributed by atoms with E-state index in [0.29, 0.717) is 23.6 Å². The van der Waals surface area contributed by atoms with E-state index in [1.807, 2.05) is 0 Å². The molecule has 1 aliphatic rings. The highest BCUT2D eigenvalue weighted by atomic mass is 35.5. The summed E-state index contributed by atoms with van der Waals surface area (Å²) in [6.07, 6.45) is 0.522. The fourth-order valence-corrected chi connectivity index (χ4v) is 4.30. The number of methoxy groups -OCH3 is 2. The minimum absolute atomic E-state index is 0.0537. The monoisotopic (exact) mass is 483 g/mol. The second-order valence-electron chi connectivity index (χ2n) is 6.86. The number of halogens is 3. The first-order chi connectivity index (χ1) is 14.8. The Balaban J connectivity index is 2.16. The van der Waals surface area contributed by atoms with Gasteiger partial charge >= 0.3 is 0 Å². The number of hydrogen-bond acceptors (Lipinski definition) is 5. The van der Waals surface area contributed by atoms with Crippen molar-refractivity contribution in [2.45, 2.75) is 12.5 Å². The maximum atomic E-state index is 12.9. The molecule has 31 heavy (non-hydrogen) atoms. The highest BCUT2D eigenvalue weighted by Gasteiger charge is 2.45. The van der Waals surface area contributed by atoms with E-state index in [1.165, 1.54) is 24.1 Å². The lowest BCUT2D eigenvalue weighted by Gasteiger charge is -2.25. The fourth-order valence-electron chi connectivity index (χ4n) is 3.53. The molecule has 0 aromatic heterocycles. The van der Waals surface area contributed by atoms with Crippen LogP contribution in [0.2, 0.25) is 15.1 Å². The summed E-state index contributed by atoms with van der Waals surface area (Å²) in [6.45, 7) is 0.687. The molecule has 2 aromatic carbocycles. The van der Waals surface area contributed by atoms with Gasteiger partial charge in [0.1, 0.15) is 5.76 Å². The molecule has 6 nitrogen and oxygen atoms in total. The third-order valence-electron chi connectivity index (χ3n) is 4.95. The van der Waals surface area contributed by atoms with E-state index in [1.54, 1.807) is 31.4 Å². The molecule has 0 spiro atoms. The molecular weight excluding hydrogens is 465 g/mol. The molecule has 1 atom stereocenters. The van der Waals surface area contributed by atoms with Crippen LogP contribution in [-0.4, -0.2) is 49.1 Å². The van der Waals surface area contributed by atoms with Crippen LogP contribution < -0.4 is 4.74 Å². The second kappa shape index (κ2) is 9.92. The minimum atomic E-state index is -0.797. The van der Waals surface area contributed by atoms with Crippen molar-refractivity contribution < 1.29 is 24.2 Å². The number of likely N-dealkylation sites (tertiary alicyclic amines) is 1. The fraction of sp³-hybridized carbons (Fsp3) is 0.273. The van der Waals surface area contributed by atoms with Crippen molar-refractivity contribution in [1.82, 2.24) is 4.90 Å². The average molecular weight is 485 g/mol. The number of aliphatic hydroxyl groups excluding tert-OH is 1. The molecule has 0 radical (unpaired) electrons. The van der Waals surface area contributed by atoms with Gasteiger partial charge in [0, 0.05) is 30.8 Å². The Kier molecular flexibility index (Phi) is 7.49. The molecule has 2 aromatic rings. The first kappa shape index (κ1) is 23.4. The Morgan fingerprint density at radius 1 is 1.06 bits per heavy atom. The number of rotatable bonds is 7. The molecule has 0 saturated carbocycles. The SMILES string of the molecule is COCCCN1C(=O)C(=O)/C(=C(/O)c2cc(Cl)c(OC)c(Cl)c2)C1c1ccc(Cl)cc1. The van der Waals surface area contributed by atoms with Crippen molar-refractivity contribution in [3.63, 3.8) is 0 Å². The summed E-state index contributed by atoms with van der Waals surface area (Å²) >= 11 is 18.4. The lowest BCUT2D eigenvalue weighted by Crippen LogP contribution is -2.31. The summed E-state index contributed by atoms with van der Waals surface area (Å²) in [7, 11) is 2.97. The predicted molar refractivity (Wildman–Crippen MR) is 120 cm³/mol. The molecule has 1 heterocycles. The van der Waals surface area contributed by atoms with Crippen LogP contribution in [-0.2, 0) is 14.3 Å². The van der Waals surface area contributed by atoms with Gasteiger partial charge in [0.2, 0.25) is 0 Å². The zero-order valence-electron chi connectivity index (χ0n) is 16.8. The maximum Gasteiger partial charge on any atom is 0.295 e. The number of carbonyl (C=O) groups excluding carboxylic acids is 2. The van der Waals surface area contributed by atoms with Crippen LogP contribution in [0.15, 0.2) is 42.0 Å². The first-order valence-corrected chi connectivity index (χ1v) is 10.5. The molecule has 1 amide bonds. The Labute approximate surface area is 194 Å². The first-order valence-electron chi connectivity index (χ1n) is 9.36. The smallest absolute Gasteiger partial charge is 0.295 e. The molecule has 1 aliphatic heterocycles. The number of ether oxygens (including phenoxy) is 2. The summed E-state index contributed by atoms with van der Waals surface area (Å²) in [5, 5.41) is 11.9. The van der Waals surface area contributed by atoms with Crippen LogP contribution >= 0.6 is 34.8 Å². The largest absolute Gasteiger partial charge is 0.507 e. The van der Waals surface area contributed by atoms with Crippen LogP contribution in [0.4, 0.5) is 0 Å². The van der Waals surface area contributed by atoms with Crippen molar-refractivity contribution in [3.05, 3.63) is 68.2 Å². The van der Waals surface area contributed by atoms with E-state index < -0.39 is 17.7 Å². The van der Waals surface area contributed by atoms with Gasteiger partial charge in [-0.2, -0.15) is 0 Å². The van der Waals surface area contributed by atoms with E-state index in [-0.39, 0.29) is 39.2 Å². The van der Waals surface area contributed by atoms with Gasteiger partial charge in [-0.1, -0.05) is 46.9 Å². The summed E-state index contributed by atoms with van der Waals surface area (Å²) in [5.74, 6) is -1.63. The van der Waals surface area contributed by atoms with E-state index >= 15 is 0 Å². The molecule has 3 rings (SSSR count). The zero-order chi connectivity index (χ0) is 22.7. The Morgan fingerprint density at radius 3 is 2.23 bits per heavy atom. The topological polar surface area (TPSA) is 76.1 Å². The quantitative estimate of drug-likeness (QED) is 0.256. The maximum absolute atomic E-state index is 12.9. The van der Waals surface area contributed by atoms with E-state index in [2.05, 4.69) is 0 Å². The van der Waals surface area contributed by atoms with Crippen molar-refractivity contribution >= 4 is 52.3 Å². The van der Waals surface area contributed by atoms with Gasteiger partial charge in [-0.05, 0) is 36.2 Å². The van der Waals surface area contributed by atoms with Gasteiger partial charge < -0.3 is 19.5 Å². The average Bonchev–Trinajstić information content (AvgIpc) is 2.98. The number of Topliss-reactive ketones (excluding diaryl/α,β-unsaturated/α-hetero) is 1. The normalized spacial score (nSPS) is 18.0. The Hall–Kier alpha value is -2.25. The third-order valence-corrected chi connectivity index (χ3v) is 5.76. The molecule has 1 saturated heterocycles. The molecule has 164 valence electrons. The highest BCUT2D eigenvalue weighted by Crippen LogP contribution is 2.42. The highest BCUT2D eigenvalue weighted by molar-refractivity contribution is 6.46. The lowest BCUT2D eigenvalue weighted by molar-refractivity contribution is -0.140. The number of amides is 1. The molecule has 0 bridgehead atoms. The summed E-state index contributed by atoms with van der Waals surface area (Å²) in [6, 6.07) is 8.80. The number of benzene rings is 2. The van der Waals surface area contributed by atoms with Gasteiger partial charge in [-0.25, -0.2) is 0 Å².